The maximum Gasteiger partial charge on any atom is 0.316 e. The van der Waals surface area contributed by atoms with Crippen LogP contribution in [0.4, 0.5) is 5.69 Å². The molecule has 1 aliphatic heterocycles. The summed E-state index contributed by atoms with van der Waals surface area (Å²) >= 11 is 5.58. The van der Waals surface area contributed by atoms with Gasteiger partial charge in [-0.1, -0.05) is 18.2 Å². The standard InChI is InChI=1S/C20H25ClN4O4S/c21-15-30(27,28)24-12-10-23(11-13-24)18-14-22-25(16-6-2-1-3-7-16)20(26)19(18)29-17-8-4-5-9-17/h1-3,6-7,14,17H,4-5,8-13,15H2. The van der Waals surface area contributed by atoms with Gasteiger partial charge in [-0.15, -0.1) is 11.6 Å². The highest BCUT2D eigenvalue weighted by molar-refractivity contribution is 7.90. The van der Waals surface area contributed by atoms with Crippen molar-refractivity contribution in [2.24, 2.45) is 0 Å². The van der Waals surface area contributed by atoms with E-state index in [-0.39, 0.29) is 17.4 Å². The van der Waals surface area contributed by atoms with E-state index >= 15 is 0 Å². The summed E-state index contributed by atoms with van der Waals surface area (Å²) in [7, 11) is -3.45. The Kier molecular flexibility index (Phi) is 6.31. The highest BCUT2D eigenvalue weighted by Gasteiger charge is 2.30. The summed E-state index contributed by atoms with van der Waals surface area (Å²) in [6.07, 6.45) is 5.69. The molecule has 30 heavy (non-hydrogen) atoms. The zero-order chi connectivity index (χ0) is 21.1. The molecule has 0 spiro atoms. The molecule has 0 bridgehead atoms. The second kappa shape index (κ2) is 8.95. The number of rotatable bonds is 6. The predicted octanol–water partition coefficient (Wildman–Crippen LogP) is 2.20. The van der Waals surface area contributed by atoms with Gasteiger partial charge in [0.1, 0.15) is 10.9 Å². The quantitative estimate of drug-likeness (QED) is 0.625. The van der Waals surface area contributed by atoms with Crippen molar-refractivity contribution < 1.29 is 13.2 Å². The fourth-order valence-corrected chi connectivity index (χ4v) is 5.24. The van der Waals surface area contributed by atoms with Gasteiger partial charge in [-0.05, 0) is 37.8 Å². The minimum atomic E-state index is -3.45. The van der Waals surface area contributed by atoms with Crippen LogP contribution in [0.1, 0.15) is 25.7 Å². The van der Waals surface area contributed by atoms with Gasteiger partial charge in [-0.2, -0.15) is 14.1 Å². The van der Waals surface area contributed by atoms with E-state index in [0.29, 0.717) is 37.6 Å². The Hall–Kier alpha value is -2.10. The van der Waals surface area contributed by atoms with E-state index in [1.54, 1.807) is 6.20 Å². The first-order valence-electron chi connectivity index (χ1n) is 10.1. The molecule has 0 unspecified atom stereocenters. The molecule has 10 heteroatoms. The van der Waals surface area contributed by atoms with Crippen LogP contribution in [-0.2, 0) is 10.0 Å². The first kappa shape index (κ1) is 21.1. The Morgan fingerprint density at radius 3 is 2.37 bits per heavy atom. The number of sulfonamides is 1. The number of piperazine rings is 1. The highest BCUT2D eigenvalue weighted by atomic mass is 35.5. The molecule has 2 heterocycles. The molecule has 162 valence electrons. The van der Waals surface area contributed by atoms with Crippen LogP contribution in [0.25, 0.3) is 5.69 Å². The van der Waals surface area contributed by atoms with Gasteiger partial charge in [0.15, 0.2) is 0 Å². The number of alkyl halides is 1. The number of nitrogens with zero attached hydrogens (tertiary/aromatic N) is 4. The van der Waals surface area contributed by atoms with E-state index in [4.69, 9.17) is 16.3 Å². The number of ether oxygens (including phenoxy) is 1. The molecule has 2 fully saturated rings. The van der Waals surface area contributed by atoms with E-state index in [9.17, 15) is 13.2 Å². The van der Waals surface area contributed by atoms with Gasteiger partial charge in [0, 0.05) is 26.2 Å². The maximum atomic E-state index is 13.3. The van der Waals surface area contributed by atoms with Crippen LogP contribution in [0.3, 0.4) is 0 Å². The van der Waals surface area contributed by atoms with Crippen LogP contribution >= 0.6 is 11.6 Å². The lowest BCUT2D eigenvalue weighted by molar-refractivity contribution is 0.205. The zero-order valence-corrected chi connectivity index (χ0v) is 18.2. The summed E-state index contributed by atoms with van der Waals surface area (Å²) in [4.78, 5) is 15.3. The second-order valence-corrected chi connectivity index (χ2v) is 10.1. The Morgan fingerprint density at radius 1 is 1.07 bits per heavy atom. The Morgan fingerprint density at radius 2 is 1.73 bits per heavy atom. The fourth-order valence-electron chi connectivity index (χ4n) is 3.97. The summed E-state index contributed by atoms with van der Waals surface area (Å²) in [6, 6.07) is 9.23. The van der Waals surface area contributed by atoms with Gasteiger partial charge in [0.25, 0.3) is 0 Å². The molecule has 8 nitrogen and oxygen atoms in total. The monoisotopic (exact) mass is 452 g/mol. The number of hydrogen-bond acceptors (Lipinski definition) is 6. The zero-order valence-electron chi connectivity index (χ0n) is 16.6. The van der Waals surface area contributed by atoms with E-state index in [0.717, 1.165) is 25.7 Å². The van der Waals surface area contributed by atoms with Crippen molar-refractivity contribution in [1.82, 2.24) is 14.1 Å². The van der Waals surface area contributed by atoms with Gasteiger partial charge in [-0.25, -0.2) is 8.42 Å². The first-order valence-corrected chi connectivity index (χ1v) is 12.3. The Bertz CT molecular complexity index is 1030. The lowest BCUT2D eigenvalue weighted by atomic mass is 10.2. The van der Waals surface area contributed by atoms with Crippen LogP contribution in [0, 0.1) is 0 Å². The fraction of sp³-hybridized carbons (Fsp3) is 0.500. The topological polar surface area (TPSA) is 84.7 Å². The molecule has 2 aromatic rings. The van der Waals surface area contributed by atoms with Crippen molar-refractivity contribution in [2.75, 3.05) is 36.3 Å². The molecular formula is C20H25ClN4O4S. The van der Waals surface area contributed by atoms with Crippen LogP contribution in [0.2, 0.25) is 0 Å². The van der Waals surface area contributed by atoms with Gasteiger partial charge in [0.2, 0.25) is 15.8 Å². The van der Waals surface area contributed by atoms with Gasteiger partial charge < -0.3 is 9.64 Å². The Labute approximate surface area is 181 Å². The van der Waals surface area contributed by atoms with Crippen LogP contribution in [0.15, 0.2) is 41.3 Å². The average Bonchev–Trinajstić information content (AvgIpc) is 3.29. The van der Waals surface area contributed by atoms with Crippen LogP contribution in [0.5, 0.6) is 5.75 Å². The smallest absolute Gasteiger partial charge is 0.316 e. The minimum Gasteiger partial charge on any atom is -0.483 e. The van der Waals surface area contributed by atoms with E-state index in [1.165, 1.54) is 8.99 Å². The van der Waals surface area contributed by atoms with Crippen molar-refractivity contribution >= 4 is 27.3 Å². The van der Waals surface area contributed by atoms with Crippen molar-refractivity contribution in [2.45, 2.75) is 31.8 Å². The van der Waals surface area contributed by atoms with Crippen molar-refractivity contribution in [1.29, 1.82) is 0 Å². The molecule has 1 aliphatic carbocycles. The Balaban J connectivity index is 1.65. The van der Waals surface area contributed by atoms with Crippen LogP contribution in [-0.4, -0.2) is 60.0 Å². The minimum absolute atomic E-state index is 0.0148. The third-order valence-corrected chi connectivity index (χ3v) is 7.87. The van der Waals surface area contributed by atoms with E-state index in [1.807, 2.05) is 35.2 Å². The number of halogens is 1. The molecule has 0 atom stereocenters. The summed E-state index contributed by atoms with van der Waals surface area (Å²) in [5, 5.41) is 3.94. The molecule has 4 rings (SSSR count). The summed E-state index contributed by atoms with van der Waals surface area (Å²) < 4.78 is 33.0. The lowest BCUT2D eigenvalue weighted by Crippen LogP contribution is -2.49. The van der Waals surface area contributed by atoms with E-state index in [2.05, 4.69) is 5.10 Å². The number of anilines is 1. The summed E-state index contributed by atoms with van der Waals surface area (Å²) in [5.41, 5.74) is 0.978. The third kappa shape index (κ3) is 4.33. The molecule has 1 saturated carbocycles. The first-order chi connectivity index (χ1) is 14.5. The summed E-state index contributed by atoms with van der Waals surface area (Å²) in [5.74, 6) is 0.286. The molecule has 1 aromatic carbocycles. The third-order valence-electron chi connectivity index (χ3n) is 5.61. The number of hydrogen-bond donors (Lipinski definition) is 0. The number of aromatic nitrogens is 2. The van der Waals surface area contributed by atoms with Gasteiger partial charge in [-0.3, -0.25) is 4.79 Å². The predicted molar refractivity (Wildman–Crippen MR) is 116 cm³/mol. The molecule has 1 aromatic heterocycles. The van der Waals surface area contributed by atoms with E-state index < -0.39 is 15.2 Å². The molecule has 0 radical (unpaired) electrons. The molecule has 0 N–H and O–H groups in total. The largest absolute Gasteiger partial charge is 0.483 e. The normalized spacial score (nSPS) is 18.6. The van der Waals surface area contributed by atoms with Crippen molar-refractivity contribution in [3.8, 4) is 11.4 Å². The maximum absolute atomic E-state index is 13.3. The van der Waals surface area contributed by atoms with Crippen molar-refractivity contribution in [3.05, 3.63) is 46.9 Å². The van der Waals surface area contributed by atoms with Crippen molar-refractivity contribution in [3.63, 3.8) is 0 Å². The van der Waals surface area contributed by atoms with Gasteiger partial charge in [0.05, 0.1) is 18.0 Å². The molecule has 0 amide bonds. The number of benzene rings is 1. The van der Waals surface area contributed by atoms with Gasteiger partial charge >= 0.3 is 5.56 Å². The average molecular weight is 453 g/mol. The lowest BCUT2D eigenvalue weighted by Gasteiger charge is -2.35. The van der Waals surface area contributed by atoms with Crippen LogP contribution < -0.4 is 15.2 Å². The SMILES string of the molecule is O=c1c(OC2CCCC2)c(N2CCN(S(=O)(=O)CCl)CC2)cnn1-c1ccccc1. The second-order valence-electron chi connectivity index (χ2n) is 7.54. The summed E-state index contributed by atoms with van der Waals surface area (Å²) in [6.45, 7) is 1.49. The molecule has 2 aliphatic rings. The highest BCUT2D eigenvalue weighted by Crippen LogP contribution is 2.30. The molecule has 1 saturated heterocycles. The number of para-hydroxylation sites is 1. The molecular weight excluding hydrogens is 428 g/mol.